The van der Waals surface area contributed by atoms with Crippen molar-refractivity contribution in [1.82, 2.24) is 14.8 Å². The number of rotatable bonds is 5. The van der Waals surface area contributed by atoms with E-state index in [1.165, 1.54) is 0 Å². The smallest absolute Gasteiger partial charge is 0.262 e. The number of hydrogen-bond acceptors (Lipinski definition) is 4. The van der Waals surface area contributed by atoms with E-state index in [1.54, 1.807) is 35.3 Å². The SMILES string of the molecule is CCOc1ncccc1C(=O)Nc1ccnn1C(C)C. The van der Waals surface area contributed by atoms with Crippen molar-refractivity contribution >= 4 is 11.7 Å². The zero-order valence-electron chi connectivity index (χ0n) is 11.8. The van der Waals surface area contributed by atoms with Gasteiger partial charge in [0.05, 0.1) is 12.8 Å². The number of carbonyl (C=O) groups is 1. The van der Waals surface area contributed by atoms with E-state index in [-0.39, 0.29) is 11.9 Å². The predicted octanol–water partition coefficient (Wildman–Crippen LogP) is 2.51. The summed E-state index contributed by atoms with van der Waals surface area (Å²) >= 11 is 0. The van der Waals surface area contributed by atoms with Gasteiger partial charge in [-0.15, -0.1) is 0 Å². The fraction of sp³-hybridized carbons (Fsp3) is 0.357. The maximum atomic E-state index is 12.3. The van der Waals surface area contributed by atoms with Crippen molar-refractivity contribution in [2.24, 2.45) is 0 Å². The molecule has 106 valence electrons. The highest BCUT2D eigenvalue weighted by atomic mass is 16.5. The first-order chi connectivity index (χ1) is 9.63. The molecule has 1 N–H and O–H groups in total. The van der Waals surface area contributed by atoms with Crippen molar-refractivity contribution in [2.75, 3.05) is 11.9 Å². The Bertz CT molecular complexity index is 592. The minimum Gasteiger partial charge on any atom is -0.477 e. The zero-order chi connectivity index (χ0) is 14.5. The number of amides is 1. The predicted molar refractivity (Wildman–Crippen MR) is 76.0 cm³/mol. The summed E-state index contributed by atoms with van der Waals surface area (Å²) in [5.41, 5.74) is 0.408. The lowest BCUT2D eigenvalue weighted by molar-refractivity contribution is 0.102. The van der Waals surface area contributed by atoms with Gasteiger partial charge in [-0.05, 0) is 32.9 Å². The van der Waals surface area contributed by atoms with E-state index in [2.05, 4.69) is 15.4 Å². The third-order valence-corrected chi connectivity index (χ3v) is 2.70. The van der Waals surface area contributed by atoms with Gasteiger partial charge in [0.25, 0.3) is 5.91 Å². The number of ether oxygens (including phenoxy) is 1. The van der Waals surface area contributed by atoms with Crippen LogP contribution in [0.5, 0.6) is 5.88 Å². The maximum Gasteiger partial charge on any atom is 0.262 e. The molecule has 2 rings (SSSR count). The Labute approximate surface area is 117 Å². The maximum absolute atomic E-state index is 12.3. The highest BCUT2D eigenvalue weighted by molar-refractivity contribution is 6.05. The quantitative estimate of drug-likeness (QED) is 0.909. The molecule has 0 fully saturated rings. The number of pyridine rings is 1. The second-order valence-corrected chi connectivity index (χ2v) is 4.50. The minimum atomic E-state index is -0.260. The third-order valence-electron chi connectivity index (χ3n) is 2.70. The first-order valence-electron chi connectivity index (χ1n) is 6.56. The Kier molecular flexibility index (Phi) is 4.34. The lowest BCUT2D eigenvalue weighted by Gasteiger charge is -2.13. The van der Waals surface area contributed by atoms with Crippen LogP contribution < -0.4 is 10.1 Å². The molecule has 0 aliphatic heterocycles. The van der Waals surface area contributed by atoms with Gasteiger partial charge in [0.1, 0.15) is 11.4 Å². The van der Waals surface area contributed by atoms with Crippen molar-refractivity contribution < 1.29 is 9.53 Å². The van der Waals surface area contributed by atoms with Crippen LogP contribution in [0.4, 0.5) is 5.82 Å². The number of nitrogens with zero attached hydrogens (tertiary/aromatic N) is 3. The highest BCUT2D eigenvalue weighted by Crippen LogP contribution is 2.18. The van der Waals surface area contributed by atoms with Crippen LogP contribution in [0.3, 0.4) is 0 Å². The molecule has 2 heterocycles. The van der Waals surface area contributed by atoms with E-state index in [0.717, 1.165) is 0 Å². The van der Waals surface area contributed by atoms with Gasteiger partial charge in [0, 0.05) is 18.3 Å². The molecular weight excluding hydrogens is 256 g/mol. The molecule has 0 saturated carbocycles. The van der Waals surface area contributed by atoms with E-state index in [0.29, 0.717) is 23.9 Å². The molecule has 0 aromatic carbocycles. The number of carbonyl (C=O) groups excluding carboxylic acids is 1. The number of aromatic nitrogens is 3. The van der Waals surface area contributed by atoms with Crippen LogP contribution in [0.2, 0.25) is 0 Å². The van der Waals surface area contributed by atoms with Crippen LogP contribution in [0.15, 0.2) is 30.6 Å². The lowest BCUT2D eigenvalue weighted by Crippen LogP contribution is -2.18. The lowest BCUT2D eigenvalue weighted by atomic mass is 10.2. The van der Waals surface area contributed by atoms with Gasteiger partial charge in [0.2, 0.25) is 5.88 Å². The van der Waals surface area contributed by atoms with Crippen molar-refractivity contribution in [1.29, 1.82) is 0 Å². The van der Waals surface area contributed by atoms with Crippen molar-refractivity contribution in [2.45, 2.75) is 26.8 Å². The molecule has 0 radical (unpaired) electrons. The number of hydrogen-bond donors (Lipinski definition) is 1. The normalized spacial score (nSPS) is 10.6. The van der Waals surface area contributed by atoms with Crippen molar-refractivity contribution in [3.63, 3.8) is 0 Å². The molecule has 20 heavy (non-hydrogen) atoms. The van der Waals surface area contributed by atoms with Crippen LogP contribution >= 0.6 is 0 Å². The average Bonchev–Trinajstić information content (AvgIpc) is 2.88. The molecule has 0 spiro atoms. The van der Waals surface area contributed by atoms with Gasteiger partial charge in [0.15, 0.2) is 0 Å². The summed E-state index contributed by atoms with van der Waals surface area (Å²) in [5.74, 6) is 0.725. The summed E-state index contributed by atoms with van der Waals surface area (Å²) < 4.78 is 7.11. The first-order valence-corrected chi connectivity index (χ1v) is 6.56. The van der Waals surface area contributed by atoms with E-state index in [9.17, 15) is 4.79 Å². The zero-order valence-corrected chi connectivity index (χ0v) is 11.8. The average molecular weight is 274 g/mol. The number of nitrogens with one attached hydrogen (secondary N) is 1. The molecular formula is C14H18N4O2. The molecule has 2 aromatic heterocycles. The van der Waals surface area contributed by atoms with E-state index < -0.39 is 0 Å². The Balaban J connectivity index is 2.22. The van der Waals surface area contributed by atoms with Crippen LogP contribution in [0.1, 0.15) is 37.2 Å². The van der Waals surface area contributed by atoms with Gasteiger partial charge in [-0.1, -0.05) is 0 Å². The molecule has 2 aromatic rings. The van der Waals surface area contributed by atoms with Crippen LogP contribution in [-0.2, 0) is 0 Å². The van der Waals surface area contributed by atoms with Gasteiger partial charge >= 0.3 is 0 Å². The highest BCUT2D eigenvalue weighted by Gasteiger charge is 2.15. The van der Waals surface area contributed by atoms with E-state index >= 15 is 0 Å². The molecule has 0 aliphatic carbocycles. The first kappa shape index (κ1) is 14.0. The second kappa shape index (κ2) is 6.18. The Hall–Kier alpha value is -2.37. The minimum absolute atomic E-state index is 0.167. The molecule has 6 nitrogen and oxygen atoms in total. The molecule has 0 aliphatic rings. The number of anilines is 1. The summed E-state index contributed by atoms with van der Waals surface area (Å²) in [5, 5.41) is 7.00. The van der Waals surface area contributed by atoms with E-state index in [1.807, 2.05) is 20.8 Å². The summed E-state index contributed by atoms with van der Waals surface area (Å²) in [7, 11) is 0. The molecule has 1 amide bonds. The van der Waals surface area contributed by atoms with Crippen LogP contribution in [0, 0.1) is 0 Å². The monoisotopic (exact) mass is 274 g/mol. The summed E-state index contributed by atoms with van der Waals surface area (Å²) in [6.45, 7) is 6.31. The van der Waals surface area contributed by atoms with Gasteiger partial charge in [-0.3, -0.25) is 4.79 Å². The largest absolute Gasteiger partial charge is 0.477 e. The topological polar surface area (TPSA) is 69.0 Å². The fourth-order valence-electron chi connectivity index (χ4n) is 1.82. The standard InChI is InChI=1S/C14H18N4O2/c1-4-20-14-11(6-5-8-15-14)13(19)17-12-7-9-16-18(12)10(2)3/h5-10H,4H2,1-3H3,(H,17,19). The summed E-state index contributed by atoms with van der Waals surface area (Å²) in [6, 6.07) is 5.32. The summed E-state index contributed by atoms with van der Waals surface area (Å²) in [4.78, 5) is 16.4. The van der Waals surface area contributed by atoms with Gasteiger partial charge in [-0.2, -0.15) is 5.10 Å². The third kappa shape index (κ3) is 2.96. The Morgan fingerprint density at radius 3 is 2.90 bits per heavy atom. The van der Waals surface area contributed by atoms with Gasteiger partial charge in [-0.25, -0.2) is 9.67 Å². The molecule has 0 bridgehead atoms. The van der Waals surface area contributed by atoms with Crippen LogP contribution in [0.25, 0.3) is 0 Å². The van der Waals surface area contributed by atoms with Gasteiger partial charge < -0.3 is 10.1 Å². The molecule has 0 saturated heterocycles. The van der Waals surface area contributed by atoms with E-state index in [4.69, 9.17) is 4.74 Å². The molecule has 6 heteroatoms. The van der Waals surface area contributed by atoms with Crippen molar-refractivity contribution in [3.8, 4) is 5.88 Å². The summed E-state index contributed by atoms with van der Waals surface area (Å²) in [6.07, 6.45) is 3.25. The fourth-order valence-corrected chi connectivity index (χ4v) is 1.82. The Morgan fingerprint density at radius 2 is 2.20 bits per heavy atom. The Morgan fingerprint density at radius 1 is 1.40 bits per heavy atom. The second-order valence-electron chi connectivity index (χ2n) is 4.50. The molecule has 0 unspecified atom stereocenters. The van der Waals surface area contributed by atoms with Crippen LogP contribution in [-0.4, -0.2) is 27.3 Å². The van der Waals surface area contributed by atoms with Crippen molar-refractivity contribution in [3.05, 3.63) is 36.2 Å². The molecule has 0 atom stereocenters.